The van der Waals surface area contributed by atoms with Crippen molar-refractivity contribution in [2.75, 3.05) is 0 Å². The Labute approximate surface area is 118 Å². The normalized spacial score (nSPS) is 11.8. The quantitative estimate of drug-likeness (QED) is 0.690. The molecule has 98 valence electrons. The summed E-state index contributed by atoms with van der Waals surface area (Å²) in [6.07, 6.45) is 1.77. The fourth-order valence-electron chi connectivity index (χ4n) is 2.48. The van der Waals surface area contributed by atoms with Crippen molar-refractivity contribution < 1.29 is 0 Å². The lowest BCUT2D eigenvalue weighted by Crippen LogP contribution is -2.23. The van der Waals surface area contributed by atoms with Gasteiger partial charge in [0.2, 0.25) is 0 Å². The first kappa shape index (κ1) is 12.4. The van der Waals surface area contributed by atoms with Gasteiger partial charge in [-0.05, 0) is 32.0 Å². The maximum absolute atomic E-state index is 12.3. The van der Waals surface area contributed by atoms with Crippen LogP contribution < -0.4 is 5.69 Å². The van der Waals surface area contributed by atoms with Crippen LogP contribution in [0, 0.1) is 0 Å². The van der Waals surface area contributed by atoms with Crippen molar-refractivity contribution in [1.29, 1.82) is 0 Å². The number of halogens is 1. The van der Waals surface area contributed by atoms with Crippen LogP contribution in [0.2, 0.25) is 0 Å². The fourth-order valence-corrected chi connectivity index (χ4v) is 2.84. The Kier molecular flexibility index (Phi) is 2.74. The Balaban J connectivity index is 2.64. The van der Waals surface area contributed by atoms with Crippen LogP contribution in [0.15, 0.2) is 33.7 Å². The molecule has 0 bridgehead atoms. The molecule has 2 aromatic heterocycles. The van der Waals surface area contributed by atoms with Crippen LogP contribution in [-0.2, 0) is 7.05 Å². The highest BCUT2D eigenvalue weighted by Gasteiger charge is 2.16. The van der Waals surface area contributed by atoms with E-state index in [-0.39, 0.29) is 11.7 Å². The average molecular weight is 320 g/mol. The molecule has 1 aromatic carbocycles. The highest BCUT2D eigenvalue weighted by molar-refractivity contribution is 9.10. The van der Waals surface area contributed by atoms with E-state index in [1.54, 1.807) is 17.8 Å². The SMILES string of the molecule is CC(C)n1c(=O)n(C)c2cnc3ccc(Br)cc3c21. The van der Waals surface area contributed by atoms with E-state index >= 15 is 0 Å². The lowest BCUT2D eigenvalue weighted by atomic mass is 10.2. The zero-order valence-corrected chi connectivity index (χ0v) is 12.6. The molecule has 0 aliphatic rings. The third kappa shape index (κ3) is 1.72. The number of hydrogen-bond donors (Lipinski definition) is 0. The minimum Gasteiger partial charge on any atom is -0.293 e. The predicted octanol–water partition coefficient (Wildman–Crippen LogP) is 3.23. The van der Waals surface area contributed by atoms with Crippen molar-refractivity contribution in [3.05, 3.63) is 39.4 Å². The minimum absolute atomic E-state index is 0.000671. The number of nitrogens with zero attached hydrogens (tertiary/aromatic N) is 3. The third-order valence-electron chi connectivity index (χ3n) is 3.39. The van der Waals surface area contributed by atoms with Crippen molar-refractivity contribution in [1.82, 2.24) is 14.1 Å². The van der Waals surface area contributed by atoms with Gasteiger partial charge in [0.05, 0.1) is 22.7 Å². The maximum atomic E-state index is 12.3. The van der Waals surface area contributed by atoms with Crippen LogP contribution in [0.1, 0.15) is 19.9 Å². The lowest BCUT2D eigenvalue weighted by Gasteiger charge is -2.08. The molecule has 0 fully saturated rings. The molecule has 0 unspecified atom stereocenters. The van der Waals surface area contributed by atoms with Crippen molar-refractivity contribution >= 4 is 37.9 Å². The van der Waals surface area contributed by atoms with E-state index in [9.17, 15) is 4.79 Å². The number of rotatable bonds is 1. The molecule has 0 N–H and O–H groups in total. The molecule has 0 atom stereocenters. The first-order chi connectivity index (χ1) is 9.00. The van der Waals surface area contributed by atoms with Gasteiger partial charge in [-0.25, -0.2) is 4.79 Å². The van der Waals surface area contributed by atoms with Crippen LogP contribution in [0.4, 0.5) is 0 Å². The summed E-state index contributed by atoms with van der Waals surface area (Å²) in [7, 11) is 1.79. The summed E-state index contributed by atoms with van der Waals surface area (Å²) < 4.78 is 4.47. The largest absolute Gasteiger partial charge is 0.329 e. The number of pyridine rings is 1. The van der Waals surface area contributed by atoms with E-state index in [0.29, 0.717) is 0 Å². The van der Waals surface area contributed by atoms with Crippen LogP contribution in [0.25, 0.3) is 21.9 Å². The number of hydrogen-bond acceptors (Lipinski definition) is 2. The van der Waals surface area contributed by atoms with Crippen molar-refractivity contribution in [3.63, 3.8) is 0 Å². The zero-order chi connectivity index (χ0) is 13.7. The topological polar surface area (TPSA) is 39.8 Å². The van der Waals surface area contributed by atoms with E-state index in [1.165, 1.54) is 0 Å². The highest BCUT2D eigenvalue weighted by atomic mass is 79.9. The van der Waals surface area contributed by atoms with Gasteiger partial charge >= 0.3 is 5.69 Å². The number of imidazole rings is 1. The van der Waals surface area contributed by atoms with Gasteiger partial charge in [0.1, 0.15) is 0 Å². The number of aromatic nitrogens is 3. The molecule has 0 saturated carbocycles. The Morgan fingerprint density at radius 3 is 2.74 bits per heavy atom. The van der Waals surface area contributed by atoms with Crippen molar-refractivity contribution in [3.8, 4) is 0 Å². The summed E-state index contributed by atoms with van der Waals surface area (Å²) in [4.78, 5) is 16.8. The van der Waals surface area contributed by atoms with Gasteiger partial charge < -0.3 is 0 Å². The molecule has 0 amide bonds. The Bertz CT molecular complexity index is 845. The standard InChI is InChI=1S/C14H14BrN3O/c1-8(2)18-13-10-6-9(15)4-5-11(10)16-7-12(13)17(3)14(18)19/h4-8H,1-3H3. The molecule has 5 heteroatoms. The molecule has 19 heavy (non-hydrogen) atoms. The zero-order valence-electron chi connectivity index (χ0n) is 11.0. The van der Waals surface area contributed by atoms with Gasteiger partial charge in [0, 0.05) is 22.9 Å². The molecule has 3 rings (SSSR count). The molecule has 0 radical (unpaired) electrons. The molecule has 0 aliphatic heterocycles. The molecule has 0 saturated heterocycles. The molecule has 0 aliphatic carbocycles. The molecular weight excluding hydrogens is 306 g/mol. The van der Waals surface area contributed by atoms with Crippen LogP contribution in [0.3, 0.4) is 0 Å². The summed E-state index contributed by atoms with van der Waals surface area (Å²) in [6, 6.07) is 6.05. The Morgan fingerprint density at radius 2 is 2.05 bits per heavy atom. The molecule has 0 spiro atoms. The van der Waals surface area contributed by atoms with E-state index in [1.807, 2.05) is 36.6 Å². The number of aryl methyl sites for hydroxylation is 1. The van der Waals surface area contributed by atoms with E-state index in [4.69, 9.17) is 0 Å². The van der Waals surface area contributed by atoms with Crippen LogP contribution in [-0.4, -0.2) is 14.1 Å². The Hall–Kier alpha value is -1.62. The number of benzene rings is 1. The molecule has 3 aromatic rings. The number of fused-ring (bicyclic) bond motifs is 3. The average Bonchev–Trinajstić information content (AvgIpc) is 2.62. The first-order valence-electron chi connectivity index (χ1n) is 6.16. The summed E-state index contributed by atoms with van der Waals surface area (Å²) in [5.74, 6) is 0. The summed E-state index contributed by atoms with van der Waals surface area (Å²) in [6.45, 7) is 4.04. The van der Waals surface area contributed by atoms with Gasteiger partial charge in [-0.3, -0.25) is 14.1 Å². The second-order valence-electron chi connectivity index (χ2n) is 4.96. The second-order valence-corrected chi connectivity index (χ2v) is 5.87. The molecular formula is C14H14BrN3O. The van der Waals surface area contributed by atoms with Gasteiger partial charge in [0.25, 0.3) is 0 Å². The summed E-state index contributed by atoms with van der Waals surface area (Å²) in [5.41, 5.74) is 2.72. The van der Waals surface area contributed by atoms with Crippen molar-refractivity contribution in [2.45, 2.75) is 19.9 Å². The van der Waals surface area contributed by atoms with Crippen LogP contribution in [0.5, 0.6) is 0 Å². The highest BCUT2D eigenvalue weighted by Crippen LogP contribution is 2.27. The fraction of sp³-hybridized carbons (Fsp3) is 0.286. The van der Waals surface area contributed by atoms with Gasteiger partial charge in [0.15, 0.2) is 0 Å². The Morgan fingerprint density at radius 1 is 1.32 bits per heavy atom. The maximum Gasteiger partial charge on any atom is 0.329 e. The van der Waals surface area contributed by atoms with Crippen molar-refractivity contribution in [2.24, 2.45) is 7.05 Å². The summed E-state index contributed by atoms with van der Waals surface area (Å²) in [5, 5.41) is 0.998. The second kappa shape index (κ2) is 4.20. The smallest absolute Gasteiger partial charge is 0.293 e. The predicted molar refractivity (Wildman–Crippen MR) is 80.6 cm³/mol. The van der Waals surface area contributed by atoms with Crippen LogP contribution >= 0.6 is 15.9 Å². The lowest BCUT2D eigenvalue weighted by molar-refractivity contribution is 0.584. The van der Waals surface area contributed by atoms with Gasteiger partial charge in [-0.1, -0.05) is 15.9 Å². The van der Waals surface area contributed by atoms with Gasteiger partial charge in [-0.15, -0.1) is 0 Å². The molecule has 4 nitrogen and oxygen atoms in total. The summed E-state index contributed by atoms with van der Waals surface area (Å²) >= 11 is 3.48. The monoisotopic (exact) mass is 319 g/mol. The van der Waals surface area contributed by atoms with E-state index in [2.05, 4.69) is 20.9 Å². The third-order valence-corrected chi connectivity index (χ3v) is 3.89. The van der Waals surface area contributed by atoms with E-state index in [0.717, 1.165) is 26.4 Å². The van der Waals surface area contributed by atoms with E-state index < -0.39 is 0 Å². The van der Waals surface area contributed by atoms with Gasteiger partial charge in [-0.2, -0.15) is 0 Å². The first-order valence-corrected chi connectivity index (χ1v) is 6.95. The minimum atomic E-state index is -0.000671. The molecule has 2 heterocycles.